The topological polar surface area (TPSA) is 63.6 Å². The Balaban J connectivity index is 3.50. The first kappa shape index (κ1) is 10.2. The number of methoxy groups -OCH3 is 1. The predicted molar refractivity (Wildman–Crippen MR) is 45.3 cm³/mol. The van der Waals surface area contributed by atoms with E-state index >= 15 is 0 Å². The Labute approximate surface area is 78.9 Å². The van der Waals surface area contributed by atoms with Crippen molar-refractivity contribution in [1.82, 2.24) is 0 Å². The maximum atomic E-state index is 13.0. The molecule has 0 spiro atoms. The highest BCUT2D eigenvalue weighted by Crippen LogP contribution is 2.25. The molecule has 1 rings (SSSR count). The first-order valence-corrected chi connectivity index (χ1v) is 3.66. The van der Waals surface area contributed by atoms with E-state index in [1.165, 1.54) is 7.11 Å². The van der Waals surface area contributed by atoms with Gasteiger partial charge in [0.2, 0.25) is 0 Å². The molecule has 0 aromatic heterocycles. The number of halogens is 1. The smallest absolute Gasteiger partial charge is 0.342 e. The molecule has 4 nitrogen and oxygen atoms in total. The van der Waals surface area contributed by atoms with Gasteiger partial charge in [-0.05, 0) is 12.1 Å². The minimum atomic E-state index is -1.47. The van der Waals surface area contributed by atoms with Crippen LogP contribution in [-0.4, -0.2) is 24.5 Å². The van der Waals surface area contributed by atoms with Gasteiger partial charge in [0.1, 0.15) is 17.1 Å². The summed E-state index contributed by atoms with van der Waals surface area (Å²) in [6, 6.07) is 2.07. The minimum absolute atomic E-state index is 0.00583. The zero-order valence-electron chi connectivity index (χ0n) is 7.28. The Morgan fingerprint density at radius 1 is 1.57 bits per heavy atom. The first-order chi connectivity index (χ1) is 6.61. The van der Waals surface area contributed by atoms with Gasteiger partial charge in [0.05, 0.1) is 12.7 Å². The van der Waals surface area contributed by atoms with E-state index in [0.29, 0.717) is 6.29 Å². The fourth-order valence-corrected chi connectivity index (χ4v) is 1.09. The van der Waals surface area contributed by atoms with Crippen LogP contribution < -0.4 is 4.74 Å². The number of carbonyl (C=O) groups is 2. The van der Waals surface area contributed by atoms with Gasteiger partial charge in [0.15, 0.2) is 6.29 Å². The van der Waals surface area contributed by atoms with Crippen LogP contribution in [0.2, 0.25) is 0 Å². The monoisotopic (exact) mass is 198 g/mol. The van der Waals surface area contributed by atoms with Crippen LogP contribution in [0.25, 0.3) is 0 Å². The van der Waals surface area contributed by atoms with E-state index in [9.17, 15) is 14.0 Å². The average Bonchev–Trinajstić information content (AvgIpc) is 2.16. The van der Waals surface area contributed by atoms with Crippen LogP contribution in [0.3, 0.4) is 0 Å². The molecule has 0 unspecified atom stereocenters. The Morgan fingerprint density at radius 3 is 2.64 bits per heavy atom. The van der Waals surface area contributed by atoms with Gasteiger partial charge in [-0.15, -0.1) is 0 Å². The molecule has 0 saturated carbocycles. The van der Waals surface area contributed by atoms with Gasteiger partial charge in [0.25, 0.3) is 0 Å². The highest BCUT2D eigenvalue weighted by molar-refractivity contribution is 5.95. The van der Waals surface area contributed by atoms with Crippen molar-refractivity contribution in [2.45, 2.75) is 0 Å². The first-order valence-electron chi connectivity index (χ1n) is 3.66. The Hall–Kier alpha value is -1.91. The van der Waals surface area contributed by atoms with Crippen LogP contribution in [0.15, 0.2) is 12.1 Å². The number of benzene rings is 1. The highest BCUT2D eigenvalue weighted by Gasteiger charge is 2.19. The summed E-state index contributed by atoms with van der Waals surface area (Å²) < 4.78 is 17.7. The molecule has 1 N–H and O–H groups in total. The third kappa shape index (κ3) is 1.56. The zero-order chi connectivity index (χ0) is 10.7. The van der Waals surface area contributed by atoms with Gasteiger partial charge in [-0.25, -0.2) is 9.18 Å². The summed E-state index contributed by atoms with van der Waals surface area (Å²) in [5, 5.41) is 8.66. The molecule has 0 saturated heterocycles. The van der Waals surface area contributed by atoms with E-state index in [1.54, 1.807) is 0 Å². The lowest BCUT2D eigenvalue weighted by Gasteiger charge is -2.07. The Morgan fingerprint density at radius 2 is 2.21 bits per heavy atom. The Bertz CT molecular complexity index is 387. The molecular weight excluding hydrogens is 191 g/mol. The van der Waals surface area contributed by atoms with E-state index in [-0.39, 0.29) is 11.3 Å². The molecule has 0 aliphatic carbocycles. The van der Waals surface area contributed by atoms with Crippen molar-refractivity contribution in [3.63, 3.8) is 0 Å². The summed E-state index contributed by atoms with van der Waals surface area (Å²) in [4.78, 5) is 21.1. The zero-order valence-corrected chi connectivity index (χ0v) is 7.28. The van der Waals surface area contributed by atoms with Gasteiger partial charge in [-0.2, -0.15) is 0 Å². The molecule has 0 atom stereocenters. The number of ether oxygens (including phenoxy) is 1. The third-order valence-electron chi connectivity index (χ3n) is 1.68. The molecule has 1 aromatic carbocycles. The number of aldehydes is 1. The maximum Gasteiger partial charge on any atom is 0.342 e. The van der Waals surface area contributed by atoms with E-state index in [0.717, 1.165) is 12.1 Å². The fourth-order valence-electron chi connectivity index (χ4n) is 1.09. The van der Waals surface area contributed by atoms with Gasteiger partial charge in [0, 0.05) is 0 Å². The van der Waals surface area contributed by atoms with Crippen molar-refractivity contribution in [2.24, 2.45) is 0 Å². The number of rotatable bonds is 3. The van der Waals surface area contributed by atoms with Gasteiger partial charge < -0.3 is 9.84 Å². The molecule has 0 bridgehead atoms. The van der Waals surface area contributed by atoms with Crippen LogP contribution in [-0.2, 0) is 0 Å². The quantitative estimate of drug-likeness (QED) is 0.744. The van der Waals surface area contributed by atoms with E-state index in [2.05, 4.69) is 4.74 Å². The standard InChI is InChI=1S/C9H7FO4/c1-14-8-5(4-11)2-3-6(10)7(8)9(12)13/h2-4H,1H3,(H,12,13). The van der Waals surface area contributed by atoms with E-state index in [1.807, 2.05) is 0 Å². The van der Waals surface area contributed by atoms with Crippen molar-refractivity contribution < 1.29 is 23.8 Å². The van der Waals surface area contributed by atoms with Crippen LogP contribution in [0.4, 0.5) is 4.39 Å². The lowest BCUT2D eigenvalue weighted by atomic mass is 10.1. The third-order valence-corrected chi connectivity index (χ3v) is 1.68. The molecule has 14 heavy (non-hydrogen) atoms. The van der Waals surface area contributed by atoms with Crippen LogP contribution in [0.1, 0.15) is 20.7 Å². The summed E-state index contributed by atoms with van der Waals surface area (Å²) >= 11 is 0. The number of hydrogen-bond donors (Lipinski definition) is 1. The SMILES string of the molecule is COc1c(C=O)ccc(F)c1C(=O)O. The summed E-state index contributed by atoms with van der Waals surface area (Å²) in [6.45, 7) is 0. The molecule has 0 aliphatic rings. The van der Waals surface area contributed by atoms with Gasteiger partial charge in [-0.1, -0.05) is 0 Å². The number of carboxylic acid groups (broad SMARTS) is 1. The lowest BCUT2D eigenvalue weighted by molar-refractivity contribution is 0.0688. The van der Waals surface area contributed by atoms with Crippen LogP contribution >= 0.6 is 0 Å². The Kier molecular flexibility index (Phi) is 2.81. The van der Waals surface area contributed by atoms with Crippen LogP contribution in [0.5, 0.6) is 5.75 Å². The fraction of sp³-hybridized carbons (Fsp3) is 0.111. The molecule has 1 aromatic rings. The second-order valence-corrected chi connectivity index (χ2v) is 2.47. The molecule has 0 radical (unpaired) electrons. The number of hydrogen-bond acceptors (Lipinski definition) is 3. The summed E-state index contributed by atoms with van der Waals surface area (Å²) in [5.74, 6) is -2.66. The molecule has 0 amide bonds. The van der Waals surface area contributed by atoms with Crippen molar-refractivity contribution in [3.8, 4) is 5.75 Å². The average molecular weight is 198 g/mol. The summed E-state index contributed by atoms with van der Waals surface area (Å²) in [5.41, 5.74) is -0.622. The second kappa shape index (κ2) is 3.87. The van der Waals surface area contributed by atoms with Crippen molar-refractivity contribution in [1.29, 1.82) is 0 Å². The highest BCUT2D eigenvalue weighted by atomic mass is 19.1. The van der Waals surface area contributed by atoms with Gasteiger partial charge >= 0.3 is 5.97 Å². The van der Waals surface area contributed by atoms with Crippen molar-refractivity contribution >= 4 is 12.3 Å². The number of carboxylic acids is 1. The van der Waals surface area contributed by atoms with E-state index in [4.69, 9.17) is 5.11 Å². The molecule has 0 aliphatic heterocycles. The molecule has 0 fully saturated rings. The minimum Gasteiger partial charge on any atom is -0.495 e. The van der Waals surface area contributed by atoms with E-state index < -0.39 is 17.3 Å². The summed E-state index contributed by atoms with van der Waals surface area (Å²) in [6.07, 6.45) is 0.407. The summed E-state index contributed by atoms with van der Waals surface area (Å²) in [7, 11) is 1.17. The number of aromatic carboxylic acids is 1. The van der Waals surface area contributed by atoms with Gasteiger partial charge in [-0.3, -0.25) is 4.79 Å². The molecule has 74 valence electrons. The molecule has 5 heteroatoms. The van der Waals surface area contributed by atoms with Crippen molar-refractivity contribution in [2.75, 3.05) is 7.11 Å². The largest absolute Gasteiger partial charge is 0.495 e. The lowest BCUT2D eigenvalue weighted by Crippen LogP contribution is -2.06. The predicted octanol–water partition coefficient (Wildman–Crippen LogP) is 1.34. The normalized spacial score (nSPS) is 9.57. The van der Waals surface area contributed by atoms with Crippen molar-refractivity contribution in [3.05, 3.63) is 29.1 Å². The molecule has 0 heterocycles. The second-order valence-electron chi connectivity index (χ2n) is 2.47. The number of carbonyl (C=O) groups excluding carboxylic acids is 1. The maximum absolute atomic E-state index is 13.0. The van der Waals surface area contributed by atoms with Crippen LogP contribution in [0, 0.1) is 5.82 Å². The molecular formula is C9H7FO4.